The standard InChI is InChI=1S/C11H9ClF3N5O/c12-8-3-1-7(2-4-8)10-17-19-20(18-10)5-9(21)16-6-11(13,14)15/h1-4H,5-6H2,(H,16,21). The Morgan fingerprint density at radius 1 is 1.29 bits per heavy atom. The number of carbonyl (C=O) groups excluding carboxylic acids is 1. The number of hydrogen-bond acceptors (Lipinski definition) is 4. The molecule has 0 saturated carbocycles. The Kier molecular flexibility index (Phi) is 4.41. The largest absolute Gasteiger partial charge is 0.405 e. The normalized spacial score (nSPS) is 11.4. The van der Waals surface area contributed by atoms with Crippen molar-refractivity contribution in [3.8, 4) is 11.4 Å². The fraction of sp³-hybridized carbons (Fsp3) is 0.273. The Morgan fingerprint density at radius 2 is 1.95 bits per heavy atom. The summed E-state index contributed by atoms with van der Waals surface area (Å²) in [5, 5.41) is 13.5. The van der Waals surface area contributed by atoms with Gasteiger partial charge in [-0.2, -0.15) is 18.0 Å². The maximum absolute atomic E-state index is 11.9. The third-order valence-corrected chi connectivity index (χ3v) is 2.58. The van der Waals surface area contributed by atoms with E-state index in [-0.39, 0.29) is 5.82 Å². The Morgan fingerprint density at radius 3 is 2.57 bits per heavy atom. The highest BCUT2D eigenvalue weighted by atomic mass is 35.5. The van der Waals surface area contributed by atoms with Crippen LogP contribution in [0.5, 0.6) is 0 Å². The van der Waals surface area contributed by atoms with Crippen molar-refractivity contribution in [3.05, 3.63) is 29.3 Å². The molecule has 2 rings (SSSR count). The second-order valence-electron chi connectivity index (χ2n) is 4.04. The van der Waals surface area contributed by atoms with E-state index < -0.39 is 25.2 Å². The van der Waals surface area contributed by atoms with E-state index in [9.17, 15) is 18.0 Å². The van der Waals surface area contributed by atoms with Crippen LogP contribution in [0.2, 0.25) is 5.02 Å². The predicted molar refractivity (Wildman–Crippen MR) is 67.3 cm³/mol. The zero-order valence-corrected chi connectivity index (χ0v) is 11.2. The van der Waals surface area contributed by atoms with Crippen LogP contribution >= 0.6 is 11.6 Å². The van der Waals surface area contributed by atoms with Gasteiger partial charge in [0.15, 0.2) is 0 Å². The van der Waals surface area contributed by atoms with E-state index in [1.807, 2.05) is 0 Å². The van der Waals surface area contributed by atoms with Crippen molar-refractivity contribution >= 4 is 17.5 Å². The molecule has 6 nitrogen and oxygen atoms in total. The first-order valence-electron chi connectivity index (χ1n) is 5.71. The molecule has 0 saturated heterocycles. The summed E-state index contributed by atoms with van der Waals surface area (Å²) in [6.45, 7) is -1.85. The summed E-state index contributed by atoms with van der Waals surface area (Å²) in [5.74, 6) is -0.609. The summed E-state index contributed by atoms with van der Waals surface area (Å²) in [6, 6.07) is 6.59. The maximum Gasteiger partial charge on any atom is 0.405 e. The number of rotatable bonds is 4. The van der Waals surface area contributed by atoms with Gasteiger partial charge < -0.3 is 5.32 Å². The minimum Gasteiger partial charge on any atom is -0.345 e. The van der Waals surface area contributed by atoms with Gasteiger partial charge in [-0.3, -0.25) is 4.79 Å². The number of nitrogens with one attached hydrogen (secondary N) is 1. The van der Waals surface area contributed by atoms with E-state index in [0.29, 0.717) is 10.6 Å². The van der Waals surface area contributed by atoms with Crippen molar-refractivity contribution in [1.29, 1.82) is 0 Å². The van der Waals surface area contributed by atoms with Gasteiger partial charge >= 0.3 is 6.18 Å². The van der Waals surface area contributed by atoms with Crippen LogP contribution in [0, 0.1) is 0 Å². The molecule has 10 heteroatoms. The van der Waals surface area contributed by atoms with E-state index in [2.05, 4.69) is 15.4 Å². The molecular formula is C11H9ClF3N5O. The predicted octanol–water partition coefficient (Wildman–Crippen LogP) is 1.67. The first-order valence-corrected chi connectivity index (χ1v) is 6.08. The minimum atomic E-state index is -4.46. The number of aromatic nitrogens is 4. The maximum atomic E-state index is 11.9. The first-order chi connectivity index (χ1) is 9.83. The number of benzene rings is 1. The van der Waals surface area contributed by atoms with Gasteiger partial charge in [-0.1, -0.05) is 11.6 Å². The molecule has 0 aliphatic carbocycles. The minimum absolute atomic E-state index is 0.246. The van der Waals surface area contributed by atoms with Crippen LogP contribution in [0.1, 0.15) is 0 Å². The average molecular weight is 320 g/mol. The number of nitrogens with zero attached hydrogens (tertiary/aromatic N) is 4. The zero-order chi connectivity index (χ0) is 15.5. The van der Waals surface area contributed by atoms with Gasteiger partial charge in [0.2, 0.25) is 11.7 Å². The van der Waals surface area contributed by atoms with Crippen molar-refractivity contribution in [2.75, 3.05) is 6.54 Å². The zero-order valence-electron chi connectivity index (χ0n) is 10.4. The summed E-state index contributed by atoms with van der Waals surface area (Å²) in [5.41, 5.74) is 0.626. The van der Waals surface area contributed by atoms with Crippen molar-refractivity contribution in [2.45, 2.75) is 12.7 Å². The monoisotopic (exact) mass is 319 g/mol. The van der Waals surface area contributed by atoms with Gasteiger partial charge in [0.25, 0.3) is 0 Å². The molecule has 1 amide bonds. The molecule has 0 unspecified atom stereocenters. The van der Waals surface area contributed by atoms with Crippen molar-refractivity contribution in [1.82, 2.24) is 25.5 Å². The van der Waals surface area contributed by atoms with E-state index in [1.54, 1.807) is 29.6 Å². The fourth-order valence-electron chi connectivity index (χ4n) is 1.41. The topological polar surface area (TPSA) is 72.7 Å². The molecule has 1 heterocycles. The number of carbonyl (C=O) groups is 1. The molecule has 0 aliphatic rings. The van der Waals surface area contributed by atoms with Crippen LogP contribution in [0.3, 0.4) is 0 Å². The molecule has 1 aromatic carbocycles. The molecule has 1 aromatic heterocycles. The Bertz CT molecular complexity index is 626. The van der Waals surface area contributed by atoms with E-state index in [4.69, 9.17) is 11.6 Å². The van der Waals surface area contributed by atoms with Gasteiger partial charge in [-0.25, -0.2) is 0 Å². The lowest BCUT2D eigenvalue weighted by molar-refractivity contribution is -0.139. The number of hydrogen-bond donors (Lipinski definition) is 1. The van der Waals surface area contributed by atoms with E-state index in [0.717, 1.165) is 4.80 Å². The third-order valence-electron chi connectivity index (χ3n) is 2.33. The lowest BCUT2D eigenvalue weighted by atomic mass is 10.2. The highest BCUT2D eigenvalue weighted by Gasteiger charge is 2.27. The molecule has 0 fully saturated rings. The van der Waals surface area contributed by atoms with Crippen LogP contribution in [0.4, 0.5) is 13.2 Å². The quantitative estimate of drug-likeness (QED) is 0.930. The average Bonchev–Trinajstić information content (AvgIpc) is 2.85. The van der Waals surface area contributed by atoms with E-state index >= 15 is 0 Å². The second-order valence-corrected chi connectivity index (χ2v) is 4.48. The summed E-state index contributed by atoms with van der Waals surface area (Å²) < 4.78 is 35.8. The van der Waals surface area contributed by atoms with Crippen molar-refractivity contribution in [2.24, 2.45) is 0 Å². The molecule has 21 heavy (non-hydrogen) atoms. The Labute approximate surface area is 121 Å². The van der Waals surface area contributed by atoms with Crippen LogP contribution in [-0.2, 0) is 11.3 Å². The molecule has 0 atom stereocenters. The SMILES string of the molecule is O=C(Cn1nnc(-c2ccc(Cl)cc2)n1)NCC(F)(F)F. The summed E-state index contributed by atoms with van der Waals surface area (Å²) in [4.78, 5) is 12.2. The van der Waals surface area contributed by atoms with Gasteiger partial charge in [0.1, 0.15) is 13.1 Å². The number of amides is 1. The molecule has 0 spiro atoms. The van der Waals surface area contributed by atoms with Crippen LogP contribution in [0.25, 0.3) is 11.4 Å². The lowest BCUT2D eigenvalue weighted by Crippen LogP contribution is -2.36. The highest BCUT2D eigenvalue weighted by Crippen LogP contribution is 2.17. The Hall–Kier alpha value is -2.16. The molecule has 1 N–H and O–H groups in total. The molecule has 0 aliphatic heterocycles. The molecule has 0 radical (unpaired) electrons. The van der Waals surface area contributed by atoms with Gasteiger partial charge in [-0.05, 0) is 29.5 Å². The third kappa shape index (κ3) is 4.71. The summed E-state index contributed by atoms with van der Waals surface area (Å²) in [6.07, 6.45) is -4.46. The molecule has 0 bridgehead atoms. The fourth-order valence-corrected chi connectivity index (χ4v) is 1.53. The summed E-state index contributed by atoms with van der Waals surface area (Å²) >= 11 is 5.74. The van der Waals surface area contributed by atoms with Crippen LogP contribution in [-0.4, -0.2) is 38.8 Å². The smallest absolute Gasteiger partial charge is 0.345 e. The highest BCUT2D eigenvalue weighted by molar-refractivity contribution is 6.30. The van der Waals surface area contributed by atoms with Gasteiger partial charge in [0, 0.05) is 10.6 Å². The molecular weight excluding hydrogens is 311 g/mol. The first kappa shape index (κ1) is 15.2. The Balaban J connectivity index is 1.97. The summed E-state index contributed by atoms with van der Waals surface area (Å²) in [7, 11) is 0. The number of tetrazole rings is 1. The second kappa shape index (κ2) is 6.08. The van der Waals surface area contributed by atoms with Gasteiger partial charge in [-0.15, -0.1) is 10.2 Å². The van der Waals surface area contributed by atoms with Crippen molar-refractivity contribution < 1.29 is 18.0 Å². The van der Waals surface area contributed by atoms with Crippen molar-refractivity contribution in [3.63, 3.8) is 0 Å². The lowest BCUT2D eigenvalue weighted by Gasteiger charge is -2.07. The van der Waals surface area contributed by atoms with Crippen LogP contribution in [0.15, 0.2) is 24.3 Å². The van der Waals surface area contributed by atoms with E-state index in [1.165, 1.54) is 0 Å². The number of alkyl halides is 3. The van der Waals surface area contributed by atoms with Crippen LogP contribution < -0.4 is 5.32 Å². The molecule has 2 aromatic rings. The molecule has 112 valence electrons. The van der Waals surface area contributed by atoms with Gasteiger partial charge in [0.05, 0.1) is 0 Å². The number of halogens is 4.